The van der Waals surface area contributed by atoms with Gasteiger partial charge in [0.1, 0.15) is 5.75 Å². The van der Waals surface area contributed by atoms with Crippen LogP contribution in [0, 0.1) is 0 Å². The second-order valence-electron chi connectivity index (χ2n) is 7.16. The molecule has 2 atom stereocenters. The minimum absolute atomic E-state index is 0.571. The number of hydrogen-bond donors (Lipinski definition) is 1. The van der Waals surface area contributed by atoms with Crippen molar-refractivity contribution >= 4 is 8.07 Å². The fraction of sp³-hybridized carbons (Fsp3) is 0.625. The Bertz CT molecular complexity index is 473. The summed E-state index contributed by atoms with van der Waals surface area (Å²) in [7, 11) is -1.05. The Morgan fingerprint density at radius 2 is 1.83 bits per heavy atom. The molecule has 1 aromatic carbocycles. The lowest BCUT2D eigenvalue weighted by Crippen LogP contribution is -2.20. The lowest BCUT2D eigenvalue weighted by Gasteiger charge is -2.22. The van der Waals surface area contributed by atoms with Gasteiger partial charge in [0.25, 0.3) is 0 Å². The van der Waals surface area contributed by atoms with Crippen molar-refractivity contribution in [3.8, 4) is 5.75 Å². The van der Waals surface area contributed by atoms with E-state index in [1.165, 1.54) is 48.8 Å². The summed E-state index contributed by atoms with van der Waals surface area (Å²) >= 11 is 0. The van der Waals surface area contributed by atoms with Gasteiger partial charge < -0.3 is 5.11 Å². The molecule has 0 unspecified atom stereocenters. The summed E-state index contributed by atoms with van der Waals surface area (Å²) in [5.74, 6) is 1.24. The van der Waals surface area contributed by atoms with E-state index >= 15 is 0 Å². The van der Waals surface area contributed by atoms with Gasteiger partial charge >= 0.3 is 0 Å². The van der Waals surface area contributed by atoms with Gasteiger partial charge in [-0.3, -0.25) is 0 Å². The molecule has 0 saturated heterocycles. The van der Waals surface area contributed by atoms with E-state index in [1.54, 1.807) is 0 Å². The highest BCUT2D eigenvalue weighted by Crippen LogP contribution is 2.61. The SMILES string of the molecule is C[Si](C)(C)[C@@H]1C[C@H]1c1c(O)ccc2c1CCCC2. The van der Waals surface area contributed by atoms with Gasteiger partial charge in [-0.1, -0.05) is 25.7 Å². The van der Waals surface area contributed by atoms with Gasteiger partial charge in [0, 0.05) is 13.6 Å². The molecule has 0 radical (unpaired) electrons. The van der Waals surface area contributed by atoms with Crippen LogP contribution in [0.25, 0.3) is 0 Å². The minimum Gasteiger partial charge on any atom is -0.508 e. The van der Waals surface area contributed by atoms with Gasteiger partial charge in [-0.05, 0) is 60.8 Å². The average molecular weight is 260 g/mol. The number of hydrogen-bond acceptors (Lipinski definition) is 1. The summed E-state index contributed by atoms with van der Waals surface area (Å²) in [5.41, 5.74) is 5.23. The Hall–Kier alpha value is -0.763. The third-order valence-corrected chi connectivity index (χ3v) is 7.69. The standard InChI is InChI=1S/C16H24OSi/c1-18(2,3)15-10-13(15)16-12-7-5-4-6-11(12)8-9-14(16)17/h8-9,13,15,17H,4-7,10H2,1-3H3/t13-,15-/m1/s1. The third-order valence-electron chi connectivity index (χ3n) is 4.83. The smallest absolute Gasteiger partial charge is 0.119 e. The highest BCUT2D eigenvalue weighted by atomic mass is 28.3. The summed E-state index contributed by atoms with van der Waals surface area (Å²) in [5, 5.41) is 10.3. The van der Waals surface area contributed by atoms with Crippen molar-refractivity contribution < 1.29 is 5.11 Å². The summed E-state index contributed by atoms with van der Waals surface area (Å²) in [6.07, 6.45) is 6.34. The Kier molecular flexibility index (Phi) is 2.81. The fourth-order valence-corrected chi connectivity index (χ4v) is 6.06. The maximum atomic E-state index is 10.3. The van der Waals surface area contributed by atoms with Crippen molar-refractivity contribution in [1.82, 2.24) is 0 Å². The predicted octanol–water partition coefficient (Wildman–Crippen LogP) is 4.47. The molecule has 0 heterocycles. The number of aromatic hydroxyl groups is 1. The molecule has 1 saturated carbocycles. The van der Waals surface area contributed by atoms with Gasteiger partial charge in [-0.15, -0.1) is 0 Å². The summed E-state index contributed by atoms with van der Waals surface area (Å²) in [6.45, 7) is 7.39. The molecule has 0 bridgehead atoms. The molecule has 2 heteroatoms. The van der Waals surface area contributed by atoms with Crippen LogP contribution in [-0.2, 0) is 12.8 Å². The van der Waals surface area contributed by atoms with Crippen LogP contribution in [0.4, 0.5) is 0 Å². The zero-order valence-electron chi connectivity index (χ0n) is 11.8. The normalized spacial score (nSPS) is 26.8. The quantitative estimate of drug-likeness (QED) is 0.778. The minimum atomic E-state index is -1.05. The maximum Gasteiger partial charge on any atom is 0.119 e. The number of benzene rings is 1. The molecular weight excluding hydrogens is 236 g/mol. The second-order valence-corrected chi connectivity index (χ2v) is 12.6. The lowest BCUT2D eigenvalue weighted by molar-refractivity contribution is 0.465. The molecule has 0 spiro atoms. The van der Waals surface area contributed by atoms with Crippen molar-refractivity contribution in [3.63, 3.8) is 0 Å². The van der Waals surface area contributed by atoms with E-state index in [-0.39, 0.29) is 0 Å². The first-order chi connectivity index (χ1) is 8.48. The maximum absolute atomic E-state index is 10.3. The highest BCUT2D eigenvalue weighted by molar-refractivity contribution is 6.78. The van der Waals surface area contributed by atoms with E-state index in [9.17, 15) is 5.11 Å². The second kappa shape index (κ2) is 4.12. The largest absolute Gasteiger partial charge is 0.508 e. The molecule has 18 heavy (non-hydrogen) atoms. The number of aryl methyl sites for hydroxylation is 1. The van der Waals surface area contributed by atoms with Crippen LogP contribution in [0.2, 0.25) is 25.2 Å². The number of phenolic OH excluding ortho intramolecular Hbond substituents is 1. The van der Waals surface area contributed by atoms with Crippen molar-refractivity contribution in [1.29, 1.82) is 0 Å². The lowest BCUT2D eigenvalue weighted by atomic mass is 9.86. The molecule has 98 valence electrons. The molecule has 2 aliphatic rings. The van der Waals surface area contributed by atoms with Crippen LogP contribution in [-0.4, -0.2) is 13.2 Å². The first kappa shape index (κ1) is 12.3. The molecule has 1 aromatic rings. The van der Waals surface area contributed by atoms with E-state index in [2.05, 4.69) is 25.7 Å². The van der Waals surface area contributed by atoms with Crippen LogP contribution in [0.15, 0.2) is 12.1 Å². The predicted molar refractivity (Wildman–Crippen MR) is 79.2 cm³/mol. The van der Waals surface area contributed by atoms with E-state index in [4.69, 9.17) is 0 Å². The van der Waals surface area contributed by atoms with Crippen molar-refractivity contribution in [2.24, 2.45) is 0 Å². The van der Waals surface area contributed by atoms with E-state index in [1.807, 2.05) is 6.07 Å². The van der Waals surface area contributed by atoms with E-state index < -0.39 is 8.07 Å². The van der Waals surface area contributed by atoms with Gasteiger partial charge in [-0.25, -0.2) is 0 Å². The third kappa shape index (κ3) is 2.01. The zero-order chi connectivity index (χ0) is 12.9. The molecule has 2 aliphatic carbocycles. The first-order valence-corrected chi connectivity index (χ1v) is 10.9. The molecule has 0 amide bonds. The average Bonchev–Trinajstić information content (AvgIpc) is 3.08. The fourth-order valence-electron chi connectivity index (χ4n) is 3.73. The van der Waals surface area contributed by atoms with Crippen molar-refractivity contribution in [2.45, 2.75) is 63.2 Å². The van der Waals surface area contributed by atoms with Crippen LogP contribution >= 0.6 is 0 Å². The van der Waals surface area contributed by atoms with E-state index in [0.717, 1.165) is 5.54 Å². The van der Waals surface area contributed by atoms with Gasteiger partial charge in [0.2, 0.25) is 0 Å². The Morgan fingerprint density at radius 1 is 1.11 bits per heavy atom. The first-order valence-electron chi connectivity index (χ1n) is 7.32. The Morgan fingerprint density at radius 3 is 2.50 bits per heavy atom. The van der Waals surface area contributed by atoms with Crippen molar-refractivity contribution in [2.75, 3.05) is 0 Å². The van der Waals surface area contributed by atoms with Crippen LogP contribution in [0.1, 0.15) is 41.9 Å². The topological polar surface area (TPSA) is 20.2 Å². The highest BCUT2D eigenvalue weighted by Gasteiger charge is 2.48. The van der Waals surface area contributed by atoms with Crippen molar-refractivity contribution in [3.05, 3.63) is 28.8 Å². The molecule has 0 aliphatic heterocycles. The van der Waals surface area contributed by atoms with Crippen LogP contribution < -0.4 is 0 Å². The summed E-state index contributed by atoms with van der Waals surface area (Å²) in [6, 6.07) is 4.10. The Labute approximate surface area is 111 Å². The molecule has 1 nitrogen and oxygen atoms in total. The summed E-state index contributed by atoms with van der Waals surface area (Å²) < 4.78 is 0. The van der Waals surface area contributed by atoms with Crippen LogP contribution in [0.5, 0.6) is 5.75 Å². The molecule has 1 fully saturated rings. The number of rotatable bonds is 2. The Balaban J connectivity index is 1.98. The molecule has 0 aromatic heterocycles. The molecule has 1 N–H and O–H groups in total. The monoisotopic (exact) mass is 260 g/mol. The number of fused-ring (bicyclic) bond motifs is 1. The zero-order valence-corrected chi connectivity index (χ0v) is 12.8. The van der Waals surface area contributed by atoms with Gasteiger partial charge in [-0.2, -0.15) is 0 Å². The molecular formula is C16H24OSi. The summed E-state index contributed by atoms with van der Waals surface area (Å²) in [4.78, 5) is 0. The molecule has 3 rings (SSSR count). The number of phenols is 1. The van der Waals surface area contributed by atoms with E-state index in [0.29, 0.717) is 11.7 Å². The van der Waals surface area contributed by atoms with Crippen LogP contribution in [0.3, 0.4) is 0 Å². The van der Waals surface area contributed by atoms with Gasteiger partial charge in [0.05, 0.1) is 0 Å². The van der Waals surface area contributed by atoms with Gasteiger partial charge in [0.15, 0.2) is 0 Å².